The van der Waals surface area contributed by atoms with Crippen molar-refractivity contribution in [2.45, 2.75) is 42.7 Å². The lowest BCUT2D eigenvalue weighted by Crippen LogP contribution is -2.58. The van der Waals surface area contributed by atoms with Crippen LogP contribution in [0.2, 0.25) is 0 Å². The number of aromatic nitrogens is 3. The number of amides is 1. The predicted molar refractivity (Wildman–Crippen MR) is 138 cm³/mol. The zero-order valence-electron chi connectivity index (χ0n) is 21.8. The molecular weight excluding hydrogens is 578 g/mol. The van der Waals surface area contributed by atoms with E-state index in [1.807, 2.05) is 0 Å². The van der Waals surface area contributed by atoms with Crippen molar-refractivity contribution in [3.05, 3.63) is 51.3 Å². The number of carbonyl (C=O) groups is 4. The van der Waals surface area contributed by atoms with E-state index in [1.54, 1.807) is 0 Å². The Morgan fingerprint density at radius 2 is 1.74 bits per heavy atom. The third kappa shape index (κ3) is 5.01. The number of nitro groups is 1. The van der Waals surface area contributed by atoms with E-state index in [9.17, 15) is 37.7 Å². The number of esters is 3. The van der Waals surface area contributed by atoms with Crippen molar-refractivity contribution < 1.29 is 46.7 Å². The van der Waals surface area contributed by atoms with Gasteiger partial charge >= 0.3 is 17.9 Å². The molecule has 16 nitrogen and oxygen atoms in total. The summed E-state index contributed by atoms with van der Waals surface area (Å²) in [5.74, 6) is 0.0522. The zero-order chi connectivity index (χ0) is 30.8. The molecule has 3 atom stereocenters. The number of rotatable bonds is 10. The van der Waals surface area contributed by atoms with Gasteiger partial charge in [-0.3, -0.25) is 14.9 Å². The van der Waals surface area contributed by atoms with Gasteiger partial charge in [0.25, 0.3) is 5.69 Å². The standard InChI is InChI=1S/C25H21N5O11S/c1-4-10-39-22(32)19-20(23(33)40-11-5-2)28(27-26-19)14-25(3)21(29-17(31)12-18(29)42(25,37)38)24(34)41-13-15-6-8-16(9-7-15)30(35)36/h1-2,6-9,18,21H,10-14H2,3H3/t18-,21+,25+/m1/s1. The highest BCUT2D eigenvalue weighted by molar-refractivity contribution is 7.93. The van der Waals surface area contributed by atoms with E-state index in [0.717, 1.165) is 9.58 Å². The van der Waals surface area contributed by atoms with Gasteiger partial charge in [0, 0.05) is 12.1 Å². The molecule has 218 valence electrons. The second kappa shape index (κ2) is 11.3. The predicted octanol–water partition coefficient (Wildman–Crippen LogP) is -0.376. The number of terminal acetylenes is 2. The van der Waals surface area contributed by atoms with Crippen molar-refractivity contribution in [2.24, 2.45) is 0 Å². The maximum Gasteiger partial charge on any atom is 0.362 e. The Labute approximate surface area is 237 Å². The van der Waals surface area contributed by atoms with Gasteiger partial charge in [-0.25, -0.2) is 27.5 Å². The van der Waals surface area contributed by atoms with Crippen molar-refractivity contribution >= 4 is 39.3 Å². The molecule has 2 aromatic rings. The monoisotopic (exact) mass is 599 g/mol. The Balaban J connectivity index is 1.69. The summed E-state index contributed by atoms with van der Waals surface area (Å²) in [6, 6.07) is 3.39. The van der Waals surface area contributed by atoms with Crippen LogP contribution in [0.4, 0.5) is 5.69 Å². The van der Waals surface area contributed by atoms with Crippen LogP contribution < -0.4 is 0 Å². The minimum atomic E-state index is -4.32. The molecule has 1 aromatic heterocycles. The summed E-state index contributed by atoms with van der Waals surface area (Å²) >= 11 is 0. The van der Waals surface area contributed by atoms with E-state index in [2.05, 4.69) is 22.2 Å². The van der Waals surface area contributed by atoms with Crippen LogP contribution in [0.1, 0.15) is 39.9 Å². The lowest BCUT2D eigenvalue weighted by Gasteiger charge is -2.36. The van der Waals surface area contributed by atoms with Gasteiger partial charge in [0.2, 0.25) is 11.6 Å². The molecule has 42 heavy (non-hydrogen) atoms. The second-order valence-electron chi connectivity index (χ2n) is 9.26. The summed E-state index contributed by atoms with van der Waals surface area (Å²) in [6.07, 6.45) is 9.84. The maximum atomic E-state index is 13.7. The van der Waals surface area contributed by atoms with Crippen LogP contribution in [0.25, 0.3) is 0 Å². The molecule has 0 N–H and O–H groups in total. The number of fused-ring (bicyclic) bond motifs is 1. The minimum Gasteiger partial charge on any atom is -0.459 e. The average molecular weight is 600 g/mol. The Kier molecular flexibility index (Phi) is 7.99. The molecule has 1 amide bonds. The van der Waals surface area contributed by atoms with Crippen LogP contribution in [-0.2, 0) is 46.8 Å². The topological polar surface area (TPSA) is 207 Å². The van der Waals surface area contributed by atoms with Gasteiger partial charge in [0.1, 0.15) is 16.7 Å². The van der Waals surface area contributed by atoms with Crippen LogP contribution >= 0.6 is 0 Å². The highest BCUT2D eigenvalue weighted by Gasteiger charge is 2.70. The van der Waals surface area contributed by atoms with Crippen LogP contribution in [-0.4, -0.2) is 86.4 Å². The number of sulfone groups is 1. The number of nitrogens with zero attached hydrogens (tertiary/aromatic N) is 5. The van der Waals surface area contributed by atoms with Gasteiger partial charge in [0.15, 0.2) is 34.8 Å². The summed E-state index contributed by atoms with van der Waals surface area (Å²) in [7, 11) is -4.32. The third-order valence-corrected chi connectivity index (χ3v) is 9.48. The van der Waals surface area contributed by atoms with E-state index in [1.165, 1.54) is 31.2 Å². The fourth-order valence-corrected chi connectivity index (χ4v) is 6.97. The van der Waals surface area contributed by atoms with E-state index in [-0.39, 0.29) is 12.1 Å². The molecule has 0 bridgehead atoms. The number of ether oxygens (including phenoxy) is 3. The van der Waals surface area contributed by atoms with E-state index in [4.69, 9.17) is 27.1 Å². The molecule has 17 heteroatoms. The Bertz CT molecular complexity index is 1670. The Hall–Kier alpha value is -5.29. The summed E-state index contributed by atoms with van der Waals surface area (Å²) in [5, 5.41) is 16.9. The summed E-state index contributed by atoms with van der Waals surface area (Å²) in [5.41, 5.74) is -1.11. The fraction of sp³-hybridized carbons (Fsp3) is 0.360. The largest absolute Gasteiger partial charge is 0.459 e. The average Bonchev–Trinajstić information content (AvgIpc) is 3.42. The highest BCUT2D eigenvalue weighted by Crippen LogP contribution is 2.47. The fourth-order valence-electron chi connectivity index (χ4n) is 4.63. The first-order valence-electron chi connectivity index (χ1n) is 12.0. The van der Waals surface area contributed by atoms with Crippen molar-refractivity contribution in [3.8, 4) is 24.7 Å². The van der Waals surface area contributed by atoms with Crippen molar-refractivity contribution in [1.82, 2.24) is 19.9 Å². The van der Waals surface area contributed by atoms with Crippen molar-refractivity contribution in [2.75, 3.05) is 13.2 Å². The molecule has 2 aliphatic heterocycles. The number of non-ortho nitro benzene ring substituents is 1. The van der Waals surface area contributed by atoms with E-state index < -0.39 is 92.5 Å². The molecule has 2 fully saturated rings. The van der Waals surface area contributed by atoms with Crippen molar-refractivity contribution in [3.63, 3.8) is 0 Å². The molecule has 0 saturated carbocycles. The van der Waals surface area contributed by atoms with E-state index >= 15 is 0 Å². The third-order valence-electron chi connectivity index (χ3n) is 6.72. The number of β-lactam (4-membered cyclic amide) rings is 1. The summed E-state index contributed by atoms with van der Waals surface area (Å²) in [6.45, 7) is -0.962. The maximum absolute atomic E-state index is 13.7. The second-order valence-corrected chi connectivity index (χ2v) is 11.8. The molecule has 4 rings (SSSR count). The lowest BCUT2D eigenvalue weighted by molar-refractivity contribution is -0.384. The SMILES string of the molecule is C#CCOC(=O)c1nnn(C[C@@]2(C)[C@H](C(=O)OCc3ccc([N+](=O)[O-])cc3)N3C(=O)C[C@H]3S2(=O)=O)c1C(=O)OCC#C. The molecule has 0 unspecified atom stereocenters. The molecule has 0 spiro atoms. The Morgan fingerprint density at radius 1 is 1.12 bits per heavy atom. The minimum absolute atomic E-state index is 0.194. The number of nitro benzene ring substituents is 1. The number of hydrogen-bond donors (Lipinski definition) is 0. The van der Waals surface area contributed by atoms with Crippen LogP contribution in [0, 0.1) is 34.8 Å². The summed E-state index contributed by atoms with van der Waals surface area (Å²) in [4.78, 5) is 62.4. The molecule has 1 aromatic carbocycles. The smallest absolute Gasteiger partial charge is 0.362 e. The quantitative estimate of drug-likeness (QED) is 0.0853. The normalized spacial score (nSPS) is 21.7. The zero-order valence-corrected chi connectivity index (χ0v) is 22.6. The molecule has 3 heterocycles. The van der Waals surface area contributed by atoms with Gasteiger partial charge < -0.3 is 19.1 Å². The number of hydrogen-bond acceptors (Lipinski definition) is 13. The van der Waals surface area contributed by atoms with Gasteiger partial charge in [-0.05, 0) is 24.6 Å². The first-order valence-corrected chi connectivity index (χ1v) is 13.5. The molecule has 2 aliphatic rings. The van der Waals surface area contributed by atoms with Gasteiger partial charge in [-0.15, -0.1) is 17.9 Å². The number of carbonyl (C=O) groups excluding carboxylic acids is 4. The molecule has 0 radical (unpaired) electrons. The van der Waals surface area contributed by atoms with Crippen molar-refractivity contribution in [1.29, 1.82) is 0 Å². The first-order chi connectivity index (χ1) is 19.9. The van der Waals surface area contributed by atoms with Crippen LogP contribution in [0.3, 0.4) is 0 Å². The number of benzene rings is 1. The summed E-state index contributed by atoms with van der Waals surface area (Å²) < 4.78 is 41.0. The van der Waals surface area contributed by atoms with Gasteiger partial charge in [-0.1, -0.05) is 17.1 Å². The molecule has 2 saturated heterocycles. The highest BCUT2D eigenvalue weighted by atomic mass is 32.2. The van der Waals surface area contributed by atoms with E-state index in [0.29, 0.717) is 5.56 Å². The lowest BCUT2D eigenvalue weighted by atomic mass is 9.96. The Morgan fingerprint density at radius 3 is 2.31 bits per heavy atom. The molecular formula is C25H21N5O11S. The van der Waals surface area contributed by atoms with Gasteiger partial charge in [0.05, 0.1) is 17.9 Å². The molecule has 0 aliphatic carbocycles. The van der Waals surface area contributed by atoms with Crippen LogP contribution in [0.15, 0.2) is 24.3 Å². The van der Waals surface area contributed by atoms with Gasteiger partial charge in [-0.2, -0.15) is 0 Å². The van der Waals surface area contributed by atoms with Crippen LogP contribution in [0.5, 0.6) is 0 Å². The first kappa shape index (κ1) is 29.7.